The Labute approximate surface area is 390 Å². The maximum absolute atomic E-state index is 12.8. The van der Waals surface area contributed by atoms with E-state index >= 15 is 0 Å². The van der Waals surface area contributed by atoms with Gasteiger partial charge in [0.15, 0.2) is 6.10 Å². The summed E-state index contributed by atoms with van der Waals surface area (Å²) in [5.41, 5.74) is 0. The van der Waals surface area contributed by atoms with Gasteiger partial charge in [-0.3, -0.25) is 14.4 Å². The lowest BCUT2D eigenvalue weighted by molar-refractivity contribution is -0.167. The summed E-state index contributed by atoms with van der Waals surface area (Å²) >= 11 is 0. The molecule has 0 aromatic rings. The van der Waals surface area contributed by atoms with Gasteiger partial charge in [-0.2, -0.15) is 0 Å². The van der Waals surface area contributed by atoms with Gasteiger partial charge < -0.3 is 14.2 Å². The second kappa shape index (κ2) is 51.7. The van der Waals surface area contributed by atoms with Gasteiger partial charge in [0, 0.05) is 19.3 Å². The highest BCUT2D eigenvalue weighted by Gasteiger charge is 2.19. The van der Waals surface area contributed by atoms with Crippen molar-refractivity contribution in [1.82, 2.24) is 0 Å². The lowest BCUT2D eigenvalue weighted by Gasteiger charge is -2.18. The van der Waals surface area contributed by atoms with Gasteiger partial charge in [-0.25, -0.2) is 0 Å². The number of unbranched alkanes of at least 4 members (excludes halogenated alkanes) is 27. The molecule has 0 aromatic heterocycles. The Kier molecular flexibility index (Phi) is 49.4. The van der Waals surface area contributed by atoms with Gasteiger partial charge in [0.25, 0.3) is 0 Å². The maximum Gasteiger partial charge on any atom is 0.306 e. The van der Waals surface area contributed by atoms with Gasteiger partial charge in [0.1, 0.15) is 13.2 Å². The fraction of sp³-hybridized carbons (Fsp3) is 0.772. The molecule has 0 fully saturated rings. The fourth-order valence-corrected chi connectivity index (χ4v) is 7.49. The molecule has 364 valence electrons. The first-order valence-corrected chi connectivity index (χ1v) is 26.8. The first-order valence-electron chi connectivity index (χ1n) is 26.8. The molecule has 0 aliphatic rings. The van der Waals surface area contributed by atoms with E-state index in [1.165, 1.54) is 135 Å². The smallest absolute Gasteiger partial charge is 0.306 e. The summed E-state index contributed by atoms with van der Waals surface area (Å²) in [6, 6.07) is 0. The van der Waals surface area contributed by atoms with Gasteiger partial charge in [-0.05, 0) is 83.5 Å². The van der Waals surface area contributed by atoms with E-state index in [1.54, 1.807) is 0 Å². The normalized spacial score (nSPS) is 12.5. The third-order valence-corrected chi connectivity index (χ3v) is 11.5. The highest BCUT2D eigenvalue weighted by atomic mass is 16.6. The molecule has 0 rings (SSSR count). The number of allylic oxidation sites excluding steroid dienone is 10. The molecule has 63 heavy (non-hydrogen) atoms. The molecule has 0 saturated carbocycles. The van der Waals surface area contributed by atoms with E-state index in [0.717, 1.165) is 83.5 Å². The number of hydrogen-bond acceptors (Lipinski definition) is 6. The summed E-state index contributed by atoms with van der Waals surface area (Å²) < 4.78 is 16.8. The molecular weight excluding hydrogens is 781 g/mol. The van der Waals surface area contributed by atoms with Crippen LogP contribution in [0.25, 0.3) is 0 Å². The van der Waals surface area contributed by atoms with Crippen LogP contribution >= 0.6 is 0 Å². The summed E-state index contributed by atoms with van der Waals surface area (Å²) in [6.07, 6.45) is 63.5. The summed E-state index contributed by atoms with van der Waals surface area (Å²) in [7, 11) is 0. The molecule has 0 amide bonds. The average Bonchev–Trinajstić information content (AvgIpc) is 3.28. The third kappa shape index (κ3) is 50.0. The lowest BCUT2D eigenvalue weighted by atomic mass is 10.0. The Morgan fingerprint density at radius 3 is 1.02 bits per heavy atom. The minimum Gasteiger partial charge on any atom is -0.462 e. The van der Waals surface area contributed by atoms with Crippen molar-refractivity contribution in [3.05, 3.63) is 60.8 Å². The molecule has 6 heteroatoms. The summed E-state index contributed by atoms with van der Waals surface area (Å²) in [6.45, 7) is 6.50. The molecule has 0 aliphatic carbocycles. The Morgan fingerprint density at radius 1 is 0.333 bits per heavy atom. The second-order valence-corrected chi connectivity index (χ2v) is 17.8. The van der Waals surface area contributed by atoms with Crippen LogP contribution < -0.4 is 0 Å². The van der Waals surface area contributed by atoms with Gasteiger partial charge in [-0.15, -0.1) is 0 Å². The van der Waals surface area contributed by atoms with Crippen molar-refractivity contribution in [3.8, 4) is 0 Å². The molecular formula is C57H100O6. The second-order valence-electron chi connectivity index (χ2n) is 17.8. The van der Waals surface area contributed by atoms with E-state index in [1.807, 2.05) is 0 Å². The topological polar surface area (TPSA) is 78.9 Å². The van der Waals surface area contributed by atoms with Crippen LogP contribution in [0, 0.1) is 0 Å². The molecule has 0 aliphatic heterocycles. The van der Waals surface area contributed by atoms with E-state index in [2.05, 4.69) is 81.5 Å². The minimum atomic E-state index is -0.796. The highest BCUT2D eigenvalue weighted by Crippen LogP contribution is 2.15. The van der Waals surface area contributed by atoms with Crippen molar-refractivity contribution in [2.24, 2.45) is 0 Å². The minimum absolute atomic E-state index is 0.0914. The summed E-state index contributed by atoms with van der Waals surface area (Å²) in [5.74, 6) is -0.934. The predicted octanol–water partition coefficient (Wildman–Crippen LogP) is 17.6. The monoisotopic (exact) mass is 881 g/mol. The van der Waals surface area contributed by atoms with Crippen LogP contribution in [-0.4, -0.2) is 37.2 Å². The third-order valence-electron chi connectivity index (χ3n) is 11.5. The van der Waals surface area contributed by atoms with Crippen LogP contribution in [0.4, 0.5) is 0 Å². The Balaban J connectivity index is 4.44. The van der Waals surface area contributed by atoms with E-state index in [-0.39, 0.29) is 37.5 Å². The molecule has 0 bridgehead atoms. The van der Waals surface area contributed by atoms with Crippen molar-refractivity contribution in [2.75, 3.05) is 13.2 Å². The first-order chi connectivity index (χ1) is 31.0. The number of rotatable bonds is 48. The molecule has 0 N–H and O–H groups in total. The largest absolute Gasteiger partial charge is 0.462 e. The zero-order chi connectivity index (χ0) is 45.8. The SMILES string of the molecule is CC/C=C\C/C=C\C/C=C\C/C=C\CCCCC(=O)O[C@@H](COC(=O)CCCCCCC/C=C\CCCCCCCCC)COC(=O)CCCCCCCCCCCCCCCC. The van der Waals surface area contributed by atoms with Crippen molar-refractivity contribution < 1.29 is 28.6 Å². The average molecular weight is 881 g/mol. The Bertz CT molecular complexity index is 1150. The highest BCUT2D eigenvalue weighted by molar-refractivity contribution is 5.71. The first kappa shape index (κ1) is 60.1. The van der Waals surface area contributed by atoms with E-state index < -0.39 is 6.10 Å². The van der Waals surface area contributed by atoms with Crippen LogP contribution in [-0.2, 0) is 28.6 Å². The Morgan fingerprint density at radius 2 is 0.619 bits per heavy atom. The number of carbonyl (C=O) groups excluding carboxylic acids is 3. The lowest BCUT2D eigenvalue weighted by Crippen LogP contribution is -2.30. The van der Waals surface area contributed by atoms with Crippen LogP contribution in [0.15, 0.2) is 60.8 Å². The van der Waals surface area contributed by atoms with Crippen LogP contribution in [0.5, 0.6) is 0 Å². The zero-order valence-corrected chi connectivity index (χ0v) is 41.6. The summed E-state index contributed by atoms with van der Waals surface area (Å²) in [4.78, 5) is 38.0. The van der Waals surface area contributed by atoms with Gasteiger partial charge in [0.05, 0.1) is 0 Å². The van der Waals surface area contributed by atoms with Gasteiger partial charge >= 0.3 is 17.9 Å². The molecule has 6 nitrogen and oxygen atoms in total. The van der Waals surface area contributed by atoms with Crippen molar-refractivity contribution in [1.29, 1.82) is 0 Å². The van der Waals surface area contributed by atoms with Crippen LogP contribution in [0.3, 0.4) is 0 Å². The number of hydrogen-bond donors (Lipinski definition) is 0. The summed E-state index contributed by atoms with van der Waals surface area (Å²) in [5, 5.41) is 0. The molecule has 0 aromatic carbocycles. The van der Waals surface area contributed by atoms with Crippen molar-refractivity contribution in [2.45, 2.75) is 271 Å². The molecule has 0 radical (unpaired) electrons. The van der Waals surface area contributed by atoms with E-state index in [9.17, 15) is 14.4 Å². The predicted molar refractivity (Wildman–Crippen MR) is 270 cm³/mol. The van der Waals surface area contributed by atoms with E-state index in [0.29, 0.717) is 19.3 Å². The standard InChI is InChI=1S/C57H100O6/c1-4-7-10-13-16-19-22-25-28-30-32-35-38-41-44-47-50-56(59)62-53-54(52-61-55(58)49-46-43-40-37-34-31-27-24-21-18-15-12-9-6-3)63-57(60)51-48-45-42-39-36-33-29-26-23-20-17-14-11-8-5-2/h8,11,17,20,26,28-30,36,39,54H,4-7,9-10,12-16,18-19,21-25,27,31-35,37-38,40-53H2,1-3H3/b11-8-,20-17-,29-26-,30-28-,39-36-/t54-/m1/s1. The fourth-order valence-electron chi connectivity index (χ4n) is 7.49. The quantitative estimate of drug-likeness (QED) is 0.0262. The molecule has 0 spiro atoms. The molecule has 0 saturated heterocycles. The van der Waals surface area contributed by atoms with Gasteiger partial charge in [-0.1, -0.05) is 223 Å². The number of ether oxygens (including phenoxy) is 3. The maximum atomic E-state index is 12.8. The van der Waals surface area contributed by atoms with Crippen LogP contribution in [0.1, 0.15) is 265 Å². The number of esters is 3. The van der Waals surface area contributed by atoms with Crippen molar-refractivity contribution >= 4 is 17.9 Å². The zero-order valence-electron chi connectivity index (χ0n) is 41.6. The molecule has 0 heterocycles. The Hall–Kier alpha value is -2.89. The van der Waals surface area contributed by atoms with Crippen LogP contribution in [0.2, 0.25) is 0 Å². The van der Waals surface area contributed by atoms with Crippen molar-refractivity contribution in [3.63, 3.8) is 0 Å². The van der Waals surface area contributed by atoms with E-state index in [4.69, 9.17) is 14.2 Å². The molecule has 1 atom stereocenters. The van der Waals surface area contributed by atoms with Gasteiger partial charge in [0.2, 0.25) is 0 Å². The number of carbonyl (C=O) groups is 3. The molecule has 0 unspecified atom stereocenters.